The number of amides is 2. The van der Waals surface area contributed by atoms with Gasteiger partial charge in [0.2, 0.25) is 11.8 Å². The van der Waals surface area contributed by atoms with Crippen molar-refractivity contribution in [3.05, 3.63) is 24.3 Å². The largest absolute Gasteiger partial charge is 0.495 e. The summed E-state index contributed by atoms with van der Waals surface area (Å²) in [7, 11) is 1.54. The Bertz CT molecular complexity index is 565. The van der Waals surface area contributed by atoms with Gasteiger partial charge in [-0.3, -0.25) is 9.59 Å². The molecular weight excluding hydrogens is 258 g/mol. The number of carbonyl (C=O) groups is 2. The third-order valence-electron chi connectivity index (χ3n) is 3.21. The van der Waals surface area contributed by atoms with Crippen LogP contribution >= 0.6 is 0 Å². The number of nitrogens with one attached hydrogen (secondary N) is 1. The maximum atomic E-state index is 12.1. The van der Waals surface area contributed by atoms with Crippen molar-refractivity contribution >= 4 is 17.5 Å². The van der Waals surface area contributed by atoms with E-state index in [0.717, 1.165) is 0 Å². The van der Waals surface area contributed by atoms with E-state index >= 15 is 0 Å². The molecule has 6 heteroatoms. The van der Waals surface area contributed by atoms with Gasteiger partial charge < -0.3 is 15.0 Å². The molecule has 1 heterocycles. The predicted molar refractivity (Wildman–Crippen MR) is 72.1 cm³/mol. The predicted octanol–water partition coefficient (Wildman–Crippen LogP) is 0.688. The quantitative estimate of drug-likeness (QED) is 0.818. The minimum atomic E-state index is -0.430. The van der Waals surface area contributed by atoms with Crippen LogP contribution < -0.4 is 15.0 Å². The molecule has 104 valence electrons. The molecule has 1 N–H and O–H groups in total. The highest BCUT2D eigenvalue weighted by Gasteiger charge is 2.35. The second-order valence-electron chi connectivity index (χ2n) is 4.45. The van der Waals surface area contributed by atoms with Crippen LogP contribution in [0.4, 0.5) is 5.69 Å². The van der Waals surface area contributed by atoms with Gasteiger partial charge in [-0.05, 0) is 12.1 Å². The number of methoxy groups -OCH3 is 1. The normalized spacial score (nSPS) is 17.7. The molecule has 0 radical (unpaired) electrons. The number of anilines is 1. The first-order chi connectivity index (χ1) is 9.67. The Morgan fingerprint density at radius 2 is 2.30 bits per heavy atom. The molecule has 2 amide bonds. The lowest BCUT2D eigenvalue weighted by atomic mass is 10.1. The van der Waals surface area contributed by atoms with Crippen molar-refractivity contribution in [2.45, 2.75) is 6.42 Å². The molecule has 0 spiro atoms. The molecule has 2 rings (SSSR count). The van der Waals surface area contributed by atoms with Gasteiger partial charge in [0.05, 0.1) is 24.8 Å². The lowest BCUT2D eigenvalue weighted by Crippen LogP contribution is -2.33. The van der Waals surface area contributed by atoms with E-state index in [1.54, 1.807) is 17.0 Å². The molecule has 1 atom stereocenters. The molecule has 1 saturated heterocycles. The molecule has 1 aromatic carbocycles. The van der Waals surface area contributed by atoms with Gasteiger partial charge in [-0.1, -0.05) is 12.1 Å². The summed E-state index contributed by atoms with van der Waals surface area (Å²) in [4.78, 5) is 25.4. The van der Waals surface area contributed by atoms with Gasteiger partial charge in [-0.25, -0.2) is 0 Å². The molecular formula is C14H15N3O3. The molecule has 1 aliphatic heterocycles. The summed E-state index contributed by atoms with van der Waals surface area (Å²) in [6.07, 6.45) is 0.148. The Morgan fingerprint density at radius 3 is 3.00 bits per heavy atom. The minimum Gasteiger partial charge on any atom is -0.495 e. The summed E-state index contributed by atoms with van der Waals surface area (Å²) in [5.41, 5.74) is 0.663. The second-order valence-corrected chi connectivity index (χ2v) is 4.45. The van der Waals surface area contributed by atoms with Crippen molar-refractivity contribution in [3.63, 3.8) is 0 Å². The third kappa shape index (κ3) is 2.72. The summed E-state index contributed by atoms with van der Waals surface area (Å²) >= 11 is 0. The summed E-state index contributed by atoms with van der Waals surface area (Å²) in [6.45, 7) is 0.259. The number of nitrogens with zero attached hydrogens (tertiary/aromatic N) is 2. The van der Waals surface area contributed by atoms with E-state index in [4.69, 9.17) is 10.00 Å². The van der Waals surface area contributed by atoms with Gasteiger partial charge in [0.1, 0.15) is 12.3 Å². The van der Waals surface area contributed by atoms with Gasteiger partial charge in [0, 0.05) is 13.0 Å². The van der Waals surface area contributed by atoms with Gasteiger partial charge in [-0.2, -0.15) is 5.26 Å². The summed E-state index contributed by atoms with van der Waals surface area (Å²) in [5.74, 6) is -0.219. The number of carbonyl (C=O) groups excluding carboxylic acids is 2. The summed E-state index contributed by atoms with van der Waals surface area (Å²) < 4.78 is 5.23. The summed E-state index contributed by atoms with van der Waals surface area (Å²) in [5, 5.41) is 10.9. The number of para-hydroxylation sites is 2. The molecule has 1 unspecified atom stereocenters. The fraction of sp³-hybridized carbons (Fsp3) is 0.357. The first-order valence-corrected chi connectivity index (χ1v) is 6.25. The zero-order chi connectivity index (χ0) is 14.5. The topological polar surface area (TPSA) is 82.4 Å². The van der Waals surface area contributed by atoms with Gasteiger partial charge in [0.15, 0.2) is 0 Å². The highest BCUT2D eigenvalue weighted by Crippen LogP contribution is 2.32. The van der Waals surface area contributed by atoms with Crippen LogP contribution in [0.15, 0.2) is 24.3 Å². The van der Waals surface area contributed by atoms with Crippen molar-refractivity contribution in [1.82, 2.24) is 5.32 Å². The fourth-order valence-electron chi connectivity index (χ4n) is 2.24. The smallest absolute Gasteiger partial charge is 0.227 e. The van der Waals surface area contributed by atoms with Crippen molar-refractivity contribution in [2.24, 2.45) is 5.92 Å². The maximum absolute atomic E-state index is 12.1. The SMILES string of the molecule is COc1ccccc1N1CC(C(=O)NCC#N)CC1=O. The van der Waals surface area contributed by atoms with Crippen LogP contribution in [0, 0.1) is 17.2 Å². The Kier molecular flexibility index (Phi) is 4.20. The maximum Gasteiger partial charge on any atom is 0.227 e. The standard InChI is InChI=1S/C14H15N3O3/c1-20-12-5-3-2-4-11(12)17-9-10(8-13(17)18)14(19)16-7-6-15/h2-5,10H,7-9H2,1H3,(H,16,19). The number of hydrogen-bond acceptors (Lipinski definition) is 4. The van der Waals surface area contributed by atoms with Crippen molar-refractivity contribution in [2.75, 3.05) is 25.1 Å². The molecule has 1 fully saturated rings. The third-order valence-corrected chi connectivity index (χ3v) is 3.21. The van der Waals surface area contributed by atoms with Crippen molar-refractivity contribution in [1.29, 1.82) is 5.26 Å². The van der Waals surface area contributed by atoms with Crippen LogP contribution in [0.3, 0.4) is 0 Å². The number of hydrogen-bond donors (Lipinski definition) is 1. The van der Waals surface area contributed by atoms with Crippen molar-refractivity contribution < 1.29 is 14.3 Å². The van der Waals surface area contributed by atoms with Crippen LogP contribution in [0.5, 0.6) is 5.75 Å². The van der Waals surface area contributed by atoms with E-state index in [1.807, 2.05) is 18.2 Å². The molecule has 0 aromatic heterocycles. The molecule has 1 aliphatic rings. The molecule has 0 aliphatic carbocycles. The van der Waals surface area contributed by atoms with Crippen LogP contribution in [0.1, 0.15) is 6.42 Å². The number of nitriles is 1. The molecule has 6 nitrogen and oxygen atoms in total. The van der Waals surface area contributed by atoms with E-state index in [1.165, 1.54) is 7.11 Å². The first kappa shape index (κ1) is 13.9. The minimum absolute atomic E-state index is 0.0435. The van der Waals surface area contributed by atoms with E-state index in [2.05, 4.69) is 5.32 Å². The van der Waals surface area contributed by atoms with Crippen LogP contribution in [0.25, 0.3) is 0 Å². The van der Waals surface area contributed by atoms with Crippen LogP contribution in [-0.2, 0) is 9.59 Å². The highest BCUT2D eigenvalue weighted by atomic mass is 16.5. The van der Waals surface area contributed by atoms with E-state index in [-0.39, 0.29) is 24.8 Å². The Morgan fingerprint density at radius 1 is 1.55 bits per heavy atom. The van der Waals surface area contributed by atoms with E-state index in [0.29, 0.717) is 18.0 Å². The average molecular weight is 273 g/mol. The average Bonchev–Trinajstić information content (AvgIpc) is 2.86. The first-order valence-electron chi connectivity index (χ1n) is 6.25. The van der Waals surface area contributed by atoms with Gasteiger partial charge in [-0.15, -0.1) is 0 Å². The Hall–Kier alpha value is -2.55. The van der Waals surface area contributed by atoms with Gasteiger partial charge in [0.25, 0.3) is 0 Å². The van der Waals surface area contributed by atoms with E-state index in [9.17, 15) is 9.59 Å². The molecule has 1 aromatic rings. The van der Waals surface area contributed by atoms with Crippen molar-refractivity contribution in [3.8, 4) is 11.8 Å². The van der Waals surface area contributed by atoms with Crippen LogP contribution in [-0.4, -0.2) is 32.0 Å². The lowest BCUT2D eigenvalue weighted by Gasteiger charge is -2.19. The second kappa shape index (κ2) is 6.06. The Labute approximate surface area is 116 Å². The summed E-state index contributed by atoms with van der Waals surface area (Å²) in [6, 6.07) is 9.03. The zero-order valence-corrected chi connectivity index (χ0v) is 11.1. The fourth-order valence-corrected chi connectivity index (χ4v) is 2.24. The van der Waals surface area contributed by atoms with E-state index < -0.39 is 5.92 Å². The number of benzene rings is 1. The zero-order valence-electron chi connectivity index (χ0n) is 11.1. The molecule has 0 bridgehead atoms. The number of rotatable bonds is 4. The van der Waals surface area contributed by atoms with Gasteiger partial charge >= 0.3 is 0 Å². The highest BCUT2D eigenvalue weighted by molar-refractivity contribution is 6.01. The monoisotopic (exact) mass is 273 g/mol. The molecule has 20 heavy (non-hydrogen) atoms. The lowest BCUT2D eigenvalue weighted by molar-refractivity contribution is -0.126. The molecule has 0 saturated carbocycles. The van der Waals surface area contributed by atoms with Crippen LogP contribution in [0.2, 0.25) is 0 Å². The number of ether oxygens (including phenoxy) is 1. The Balaban J connectivity index is 2.13.